The molecule has 0 aliphatic rings. The minimum absolute atomic E-state index is 0.177. The molecule has 0 spiro atoms. The number of hydrogen-bond donors (Lipinski definition) is 3. The van der Waals surface area contributed by atoms with Gasteiger partial charge in [0.25, 0.3) is 5.91 Å². The molecule has 0 saturated heterocycles. The van der Waals surface area contributed by atoms with Crippen molar-refractivity contribution in [2.75, 3.05) is 39.3 Å². The molecule has 158 valence electrons. The van der Waals surface area contributed by atoms with E-state index in [0.29, 0.717) is 29.7 Å². The van der Waals surface area contributed by atoms with Crippen LogP contribution in [-0.2, 0) is 0 Å². The minimum atomic E-state index is -0.177. The van der Waals surface area contributed by atoms with Crippen molar-refractivity contribution >= 4 is 23.5 Å². The smallest absolute Gasteiger partial charge is 0.252 e. The van der Waals surface area contributed by atoms with Crippen molar-refractivity contribution in [1.82, 2.24) is 20.9 Å². The van der Waals surface area contributed by atoms with Crippen LogP contribution in [0.5, 0.6) is 0 Å². The predicted molar refractivity (Wildman–Crippen MR) is 119 cm³/mol. The Morgan fingerprint density at radius 2 is 1.89 bits per heavy atom. The Bertz CT molecular complexity index is 604. The Morgan fingerprint density at radius 3 is 2.54 bits per heavy atom. The lowest BCUT2D eigenvalue weighted by atomic mass is 10.2. The Morgan fingerprint density at radius 1 is 1.18 bits per heavy atom. The van der Waals surface area contributed by atoms with Crippen molar-refractivity contribution < 1.29 is 4.79 Å². The van der Waals surface area contributed by atoms with Gasteiger partial charge in [0.2, 0.25) is 0 Å². The molecule has 0 radical (unpaired) electrons. The van der Waals surface area contributed by atoms with Gasteiger partial charge in [-0.3, -0.25) is 9.79 Å². The molecule has 1 aromatic carbocycles. The highest BCUT2D eigenvalue weighted by Gasteiger charge is 2.09. The topological polar surface area (TPSA) is 68.8 Å². The maximum Gasteiger partial charge on any atom is 0.252 e. The highest BCUT2D eigenvalue weighted by atomic mass is 35.5. The molecule has 1 unspecified atom stereocenters. The maximum absolute atomic E-state index is 12.2. The van der Waals surface area contributed by atoms with Gasteiger partial charge in [0.1, 0.15) is 0 Å². The molecule has 1 rings (SSSR count). The molecule has 0 aliphatic heterocycles. The van der Waals surface area contributed by atoms with E-state index in [1.807, 2.05) is 6.92 Å². The summed E-state index contributed by atoms with van der Waals surface area (Å²) in [6.45, 7) is 13.7. The highest BCUT2D eigenvalue weighted by Crippen LogP contribution is 2.14. The summed E-state index contributed by atoms with van der Waals surface area (Å²) in [4.78, 5) is 19.1. The van der Waals surface area contributed by atoms with E-state index in [0.717, 1.165) is 45.0 Å². The second-order valence-corrected chi connectivity index (χ2v) is 7.12. The first-order chi connectivity index (χ1) is 13.5. The van der Waals surface area contributed by atoms with Gasteiger partial charge in [0.05, 0.1) is 17.1 Å². The van der Waals surface area contributed by atoms with Crippen LogP contribution >= 0.6 is 11.6 Å². The van der Waals surface area contributed by atoms with E-state index in [-0.39, 0.29) is 5.91 Å². The van der Waals surface area contributed by atoms with Crippen LogP contribution < -0.4 is 16.0 Å². The number of nitrogens with zero attached hydrogens (tertiary/aromatic N) is 2. The summed E-state index contributed by atoms with van der Waals surface area (Å²) in [5, 5.41) is 10.0. The summed E-state index contributed by atoms with van der Waals surface area (Å²) in [5.74, 6) is 0.605. The zero-order chi connectivity index (χ0) is 20.8. The third-order valence-corrected chi connectivity index (χ3v) is 4.85. The van der Waals surface area contributed by atoms with E-state index in [1.54, 1.807) is 24.3 Å². The third kappa shape index (κ3) is 9.42. The summed E-state index contributed by atoms with van der Waals surface area (Å²) in [7, 11) is 0. The summed E-state index contributed by atoms with van der Waals surface area (Å²) >= 11 is 6.05. The van der Waals surface area contributed by atoms with Gasteiger partial charge >= 0.3 is 0 Å². The normalized spacial score (nSPS) is 12.7. The fourth-order valence-electron chi connectivity index (χ4n) is 2.86. The SMILES string of the molecule is CCNC(=NCCNC(=O)c1ccccc1Cl)NC(C)CCCN(CC)CC. The fourth-order valence-corrected chi connectivity index (χ4v) is 3.09. The Hall–Kier alpha value is -1.79. The van der Waals surface area contributed by atoms with Gasteiger partial charge in [-0.1, -0.05) is 37.6 Å². The van der Waals surface area contributed by atoms with Crippen LogP contribution in [0.15, 0.2) is 29.3 Å². The summed E-state index contributed by atoms with van der Waals surface area (Å²) in [5.41, 5.74) is 0.486. The van der Waals surface area contributed by atoms with E-state index < -0.39 is 0 Å². The van der Waals surface area contributed by atoms with Gasteiger partial charge in [-0.05, 0) is 58.5 Å². The van der Waals surface area contributed by atoms with Crippen molar-refractivity contribution in [3.05, 3.63) is 34.9 Å². The number of carbonyl (C=O) groups excluding carboxylic acids is 1. The van der Waals surface area contributed by atoms with Crippen LogP contribution in [0.4, 0.5) is 0 Å². The lowest BCUT2D eigenvalue weighted by Gasteiger charge is -2.21. The lowest BCUT2D eigenvalue weighted by molar-refractivity contribution is 0.0955. The van der Waals surface area contributed by atoms with Crippen LogP contribution in [0.3, 0.4) is 0 Å². The molecule has 7 heteroatoms. The number of nitrogens with one attached hydrogen (secondary N) is 3. The average molecular weight is 410 g/mol. The van der Waals surface area contributed by atoms with Crippen molar-refractivity contribution in [3.63, 3.8) is 0 Å². The van der Waals surface area contributed by atoms with Crippen molar-refractivity contribution in [3.8, 4) is 0 Å². The first kappa shape index (κ1) is 24.2. The molecular formula is C21H36ClN5O. The number of carbonyl (C=O) groups is 1. The van der Waals surface area contributed by atoms with Gasteiger partial charge in [0.15, 0.2) is 5.96 Å². The number of rotatable bonds is 12. The first-order valence-corrected chi connectivity index (χ1v) is 10.7. The molecule has 3 N–H and O–H groups in total. The molecule has 0 aromatic heterocycles. The molecule has 1 aromatic rings. The van der Waals surface area contributed by atoms with E-state index in [4.69, 9.17) is 11.6 Å². The second-order valence-electron chi connectivity index (χ2n) is 6.71. The van der Waals surface area contributed by atoms with E-state index in [1.165, 1.54) is 0 Å². The number of benzene rings is 1. The Balaban J connectivity index is 2.40. The van der Waals surface area contributed by atoms with Gasteiger partial charge in [-0.15, -0.1) is 0 Å². The number of amides is 1. The second kappa shape index (κ2) is 14.2. The quantitative estimate of drug-likeness (QED) is 0.282. The molecule has 1 atom stereocenters. The molecule has 0 bridgehead atoms. The van der Waals surface area contributed by atoms with Gasteiger partial charge < -0.3 is 20.9 Å². The summed E-state index contributed by atoms with van der Waals surface area (Å²) in [6.07, 6.45) is 2.24. The first-order valence-electron chi connectivity index (χ1n) is 10.3. The lowest BCUT2D eigenvalue weighted by Crippen LogP contribution is -2.43. The van der Waals surface area contributed by atoms with Crippen LogP contribution in [0.1, 0.15) is 50.9 Å². The summed E-state index contributed by atoms with van der Waals surface area (Å²) in [6, 6.07) is 7.37. The number of hydrogen-bond acceptors (Lipinski definition) is 3. The monoisotopic (exact) mass is 409 g/mol. The minimum Gasteiger partial charge on any atom is -0.357 e. The molecule has 0 saturated carbocycles. The average Bonchev–Trinajstić information content (AvgIpc) is 2.68. The number of aliphatic imine (C=N–C) groups is 1. The highest BCUT2D eigenvalue weighted by molar-refractivity contribution is 6.33. The third-order valence-electron chi connectivity index (χ3n) is 4.52. The largest absolute Gasteiger partial charge is 0.357 e. The predicted octanol–water partition coefficient (Wildman–Crippen LogP) is 3.14. The van der Waals surface area contributed by atoms with Crippen LogP contribution in [0.25, 0.3) is 0 Å². The van der Waals surface area contributed by atoms with E-state index >= 15 is 0 Å². The molecule has 28 heavy (non-hydrogen) atoms. The molecule has 0 fully saturated rings. The van der Waals surface area contributed by atoms with Gasteiger partial charge in [0, 0.05) is 19.1 Å². The summed E-state index contributed by atoms with van der Waals surface area (Å²) < 4.78 is 0. The maximum atomic E-state index is 12.2. The van der Waals surface area contributed by atoms with Gasteiger partial charge in [-0.25, -0.2) is 0 Å². The number of halogens is 1. The standard InChI is InChI=1S/C21H36ClN5O/c1-5-23-21(26-17(4)11-10-16-27(6-2)7-3)25-15-14-24-20(28)18-12-8-9-13-19(18)22/h8-9,12-13,17H,5-7,10-11,14-16H2,1-4H3,(H,24,28)(H2,23,25,26). The van der Waals surface area contributed by atoms with Gasteiger partial charge in [-0.2, -0.15) is 0 Å². The Kier molecular flexibility index (Phi) is 12.3. The Labute approximate surface area is 175 Å². The zero-order valence-electron chi connectivity index (χ0n) is 17.7. The fraction of sp³-hybridized carbons (Fsp3) is 0.619. The van der Waals surface area contributed by atoms with E-state index in [2.05, 4.69) is 46.6 Å². The van der Waals surface area contributed by atoms with Crippen LogP contribution in [0.2, 0.25) is 5.02 Å². The molecule has 0 heterocycles. The van der Waals surface area contributed by atoms with E-state index in [9.17, 15) is 4.79 Å². The van der Waals surface area contributed by atoms with Crippen LogP contribution in [0, 0.1) is 0 Å². The van der Waals surface area contributed by atoms with Crippen molar-refractivity contribution in [2.45, 2.75) is 46.6 Å². The number of guanidine groups is 1. The zero-order valence-corrected chi connectivity index (χ0v) is 18.5. The molecular weight excluding hydrogens is 374 g/mol. The van der Waals surface area contributed by atoms with Crippen molar-refractivity contribution in [2.24, 2.45) is 4.99 Å². The molecule has 0 aliphatic carbocycles. The molecule has 1 amide bonds. The van der Waals surface area contributed by atoms with Crippen LogP contribution in [-0.4, -0.2) is 62.1 Å². The molecule has 6 nitrogen and oxygen atoms in total. The van der Waals surface area contributed by atoms with Crippen molar-refractivity contribution in [1.29, 1.82) is 0 Å².